The Hall–Kier alpha value is -4.60. The van der Waals surface area contributed by atoms with Crippen LogP contribution in [0.4, 0.5) is 0 Å². The van der Waals surface area contributed by atoms with Crippen molar-refractivity contribution in [2.45, 2.75) is 12.3 Å². The SMILES string of the molecule is C1=C(c2ccc3sc4ccccc4c3c2)C=C2Oc3ccc(-n4c5ccccc5c5ccccc54)cc3C2C1. The minimum absolute atomic E-state index is 0.252. The van der Waals surface area contributed by atoms with Crippen molar-refractivity contribution in [3.63, 3.8) is 0 Å². The van der Waals surface area contributed by atoms with E-state index in [1.807, 2.05) is 11.3 Å². The van der Waals surface area contributed by atoms with Gasteiger partial charge in [-0.25, -0.2) is 0 Å². The summed E-state index contributed by atoms with van der Waals surface area (Å²) in [5.74, 6) is 2.28. The van der Waals surface area contributed by atoms with Gasteiger partial charge in [-0.1, -0.05) is 66.7 Å². The van der Waals surface area contributed by atoms with Gasteiger partial charge in [0, 0.05) is 48.1 Å². The van der Waals surface area contributed by atoms with Gasteiger partial charge in [0.25, 0.3) is 0 Å². The number of hydrogen-bond acceptors (Lipinski definition) is 2. The third-order valence-corrected chi connectivity index (χ3v) is 9.51. The van der Waals surface area contributed by atoms with Gasteiger partial charge in [0.2, 0.25) is 0 Å². The van der Waals surface area contributed by atoms with E-state index in [9.17, 15) is 0 Å². The Labute approximate surface area is 229 Å². The van der Waals surface area contributed by atoms with E-state index in [1.54, 1.807) is 0 Å². The summed E-state index contributed by atoms with van der Waals surface area (Å²) in [5, 5.41) is 5.24. The molecule has 0 fully saturated rings. The summed E-state index contributed by atoms with van der Waals surface area (Å²) < 4.78 is 11.5. The third kappa shape index (κ3) is 3.08. The van der Waals surface area contributed by atoms with Crippen molar-refractivity contribution in [2.24, 2.45) is 0 Å². The van der Waals surface area contributed by atoms with E-state index in [1.165, 1.54) is 64.4 Å². The molecule has 1 atom stereocenters. The number of aromatic nitrogens is 1. The molecule has 2 aromatic heterocycles. The molecule has 1 unspecified atom stereocenters. The number of hydrogen-bond donors (Lipinski definition) is 0. The smallest absolute Gasteiger partial charge is 0.131 e. The monoisotopic (exact) mass is 517 g/mol. The van der Waals surface area contributed by atoms with Gasteiger partial charge in [-0.15, -0.1) is 11.3 Å². The number of nitrogens with zero attached hydrogens (tertiary/aromatic N) is 1. The van der Waals surface area contributed by atoms with Crippen molar-refractivity contribution in [1.29, 1.82) is 0 Å². The average molecular weight is 518 g/mol. The molecule has 2 nitrogen and oxygen atoms in total. The number of rotatable bonds is 2. The van der Waals surface area contributed by atoms with Crippen LogP contribution in [-0.2, 0) is 0 Å². The van der Waals surface area contributed by atoms with Crippen molar-refractivity contribution in [1.82, 2.24) is 4.57 Å². The Morgan fingerprint density at radius 1 is 0.667 bits per heavy atom. The molecule has 5 aromatic carbocycles. The number of para-hydroxylation sites is 2. The van der Waals surface area contributed by atoms with E-state index >= 15 is 0 Å². The number of ether oxygens (including phenoxy) is 1. The molecule has 39 heavy (non-hydrogen) atoms. The van der Waals surface area contributed by atoms with Crippen LogP contribution in [0.5, 0.6) is 5.75 Å². The summed E-state index contributed by atoms with van der Waals surface area (Å²) in [4.78, 5) is 0. The second-order valence-electron chi connectivity index (χ2n) is 10.5. The van der Waals surface area contributed by atoms with E-state index in [0.717, 1.165) is 17.9 Å². The largest absolute Gasteiger partial charge is 0.461 e. The molecule has 3 heteroatoms. The van der Waals surface area contributed by atoms with Crippen molar-refractivity contribution in [3.8, 4) is 11.4 Å². The molecule has 0 N–H and O–H groups in total. The molecule has 0 bridgehead atoms. The molecule has 3 heterocycles. The zero-order valence-corrected chi connectivity index (χ0v) is 21.9. The van der Waals surface area contributed by atoms with Crippen LogP contribution in [0, 0.1) is 0 Å². The number of allylic oxidation sites excluding steroid dienone is 4. The van der Waals surface area contributed by atoms with Crippen LogP contribution in [0.15, 0.2) is 127 Å². The zero-order chi connectivity index (χ0) is 25.5. The summed E-state index contributed by atoms with van der Waals surface area (Å²) in [6.07, 6.45) is 5.58. The molecule has 0 amide bonds. The Balaban J connectivity index is 1.11. The van der Waals surface area contributed by atoms with Gasteiger partial charge in [0.1, 0.15) is 11.5 Å². The minimum Gasteiger partial charge on any atom is -0.461 e. The maximum atomic E-state index is 6.47. The normalized spacial score (nSPS) is 16.4. The van der Waals surface area contributed by atoms with Crippen LogP contribution in [-0.4, -0.2) is 4.57 Å². The van der Waals surface area contributed by atoms with Gasteiger partial charge in [-0.2, -0.15) is 0 Å². The first-order valence-corrected chi connectivity index (χ1v) is 14.3. The van der Waals surface area contributed by atoms with Crippen molar-refractivity contribution in [3.05, 3.63) is 138 Å². The van der Waals surface area contributed by atoms with Gasteiger partial charge >= 0.3 is 0 Å². The fourth-order valence-electron chi connectivity index (χ4n) is 6.53. The van der Waals surface area contributed by atoms with E-state index in [-0.39, 0.29) is 5.92 Å². The van der Waals surface area contributed by atoms with E-state index in [4.69, 9.17) is 4.74 Å². The van der Waals surface area contributed by atoms with Gasteiger partial charge in [0.15, 0.2) is 0 Å². The summed E-state index contributed by atoms with van der Waals surface area (Å²) in [7, 11) is 0. The summed E-state index contributed by atoms with van der Waals surface area (Å²) >= 11 is 1.86. The van der Waals surface area contributed by atoms with Gasteiger partial charge in [-0.3, -0.25) is 0 Å². The fourth-order valence-corrected chi connectivity index (χ4v) is 7.62. The van der Waals surface area contributed by atoms with Crippen molar-refractivity contribution >= 4 is 58.9 Å². The van der Waals surface area contributed by atoms with Crippen LogP contribution in [0.2, 0.25) is 0 Å². The summed E-state index contributed by atoms with van der Waals surface area (Å²) in [6.45, 7) is 0. The van der Waals surface area contributed by atoms with Crippen LogP contribution >= 0.6 is 11.3 Å². The Kier molecular flexibility index (Phi) is 4.35. The zero-order valence-electron chi connectivity index (χ0n) is 21.1. The third-order valence-electron chi connectivity index (χ3n) is 8.36. The molecule has 7 aromatic rings. The molecule has 1 aliphatic carbocycles. The molecule has 0 radical (unpaired) electrons. The highest BCUT2D eigenvalue weighted by molar-refractivity contribution is 7.25. The first-order chi connectivity index (χ1) is 19.3. The van der Waals surface area contributed by atoms with E-state index in [0.29, 0.717) is 0 Å². The molecular formula is C36H23NOS. The fraction of sp³-hybridized carbons (Fsp3) is 0.0556. The summed E-state index contributed by atoms with van der Waals surface area (Å²) in [6, 6.07) is 39.6. The minimum atomic E-state index is 0.252. The van der Waals surface area contributed by atoms with Gasteiger partial charge in [-0.05, 0) is 72.2 Å². The van der Waals surface area contributed by atoms with Crippen LogP contribution < -0.4 is 4.74 Å². The lowest BCUT2D eigenvalue weighted by Gasteiger charge is -2.17. The summed E-state index contributed by atoms with van der Waals surface area (Å²) in [5.41, 5.74) is 7.41. The number of benzene rings is 5. The standard InChI is InChI=1S/C36H23NOS/c1-4-10-31-25(7-1)26-8-2-5-11-32(26)37(31)24-15-17-33-29(21-24)27-16-13-23(20-34(27)38-33)22-14-18-36-30(19-22)28-9-3-6-12-35(28)39-36/h1-15,17-21,27H,16H2. The number of thiophene rings is 1. The lowest BCUT2D eigenvalue weighted by atomic mass is 9.87. The van der Waals surface area contributed by atoms with Gasteiger partial charge in [0.05, 0.1) is 11.0 Å². The molecule has 184 valence electrons. The highest BCUT2D eigenvalue weighted by atomic mass is 32.1. The predicted molar refractivity (Wildman–Crippen MR) is 164 cm³/mol. The first-order valence-electron chi connectivity index (χ1n) is 13.5. The second kappa shape index (κ2) is 7.95. The lowest BCUT2D eigenvalue weighted by Crippen LogP contribution is -2.03. The molecule has 0 saturated carbocycles. The quantitative estimate of drug-likeness (QED) is 0.223. The highest BCUT2D eigenvalue weighted by Crippen LogP contribution is 2.48. The molecule has 1 aliphatic heterocycles. The maximum absolute atomic E-state index is 6.47. The van der Waals surface area contributed by atoms with E-state index < -0.39 is 0 Å². The molecule has 2 aliphatic rings. The van der Waals surface area contributed by atoms with Crippen LogP contribution in [0.3, 0.4) is 0 Å². The Morgan fingerprint density at radius 3 is 2.21 bits per heavy atom. The Bertz CT molecular complexity index is 2140. The van der Waals surface area contributed by atoms with Crippen LogP contribution in [0.1, 0.15) is 23.5 Å². The van der Waals surface area contributed by atoms with Crippen molar-refractivity contribution in [2.75, 3.05) is 0 Å². The second-order valence-corrected chi connectivity index (χ2v) is 11.6. The first kappa shape index (κ1) is 21.3. The topological polar surface area (TPSA) is 14.2 Å². The molecule has 0 spiro atoms. The maximum Gasteiger partial charge on any atom is 0.131 e. The van der Waals surface area contributed by atoms with Gasteiger partial charge < -0.3 is 9.30 Å². The molecule has 0 saturated heterocycles. The van der Waals surface area contributed by atoms with Crippen molar-refractivity contribution < 1.29 is 4.74 Å². The van der Waals surface area contributed by atoms with E-state index in [2.05, 4.69) is 126 Å². The molecule has 9 rings (SSSR count). The number of fused-ring (bicyclic) bond motifs is 9. The highest BCUT2D eigenvalue weighted by Gasteiger charge is 2.32. The molecular weight excluding hydrogens is 494 g/mol. The average Bonchev–Trinajstić information content (AvgIpc) is 3.65. The van der Waals surface area contributed by atoms with Crippen LogP contribution in [0.25, 0.3) is 53.2 Å². The Morgan fingerprint density at radius 2 is 1.38 bits per heavy atom. The lowest BCUT2D eigenvalue weighted by molar-refractivity contribution is 0.426. The predicted octanol–water partition coefficient (Wildman–Crippen LogP) is 10.00.